The number of thioether (sulfide) groups is 1. The number of ether oxygens (including phenoxy) is 2. The highest BCUT2D eigenvalue weighted by atomic mass is 32.2. The number of benzene rings is 2. The van der Waals surface area contributed by atoms with Crippen LogP contribution < -0.4 is 9.47 Å². The molecule has 6 nitrogen and oxygen atoms in total. The summed E-state index contributed by atoms with van der Waals surface area (Å²) in [6.45, 7) is 1.11. The van der Waals surface area contributed by atoms with Gasteiger partial charge in [0, 0.05) is 29.3 Å². The number of aromatic nitrogens is 3. The lowest BCUT2D eigenvalue weighted by Gasteiger charge is -2.06. The van der Waals surface area contributed by atoms with Crippen molar-refractivity contribution >= 4 is 11.8 Å². The molecule has 0 fully saturated rings. The molecule has 0 aliphatic heterocycles. The Morgan fingerprint density at radius 1 is 0.833 bits per heavy atom. The summed E-state index contributed by atoms with van der Waals surface area (Å²) in [4.78, 5) is 4.08. The van der Waals surface area contributed by atoms with Gasteiger partial charge in [-0.3, -0.25) is 4.98 Å². The van der Waals surface area contributed by atoms with E-state index in [2.05, 4.69) is 15.2 Å². The molecule has 2 aromatic carbocycles. The van der Waals surface area contributed by atoms with Crippen molar-refractivity contribution in [3.8, 4) is 23.0 Å². The molecule has 0 radical (unpaired) electrons. The Hall–Kier alpha value is -3.32. The van der Waals surface area contributed by atoms with Crippen molar-refractivity contribution in [3.05, 3.63) is 90.6 Å². The zero-order chi connectivity index (χ0) is 20.4. The van der Waals surface area contributed by atoms with Crippen LogP contribution in [-0.4, -0.2) is 27.5 Å². The molecule has 0 aliphatic carbocycles. The third-order valence-electron chi connectivity index (χ3n) is 4.16. The minimum atomic E-state index is 0.475. The van der Waals surface area contributed by atoms with Gasteiger partial charge >= 0.3 is 0 Å². The van der Waals surface area contributed by atoms with Gasteiger partial charge in [0.05, 0.1) is 12.4 Å². The van der Waals surface area contributed by atoms with E-state index in [4.69, 9.17) is 13.9 Å². The maximum atomic E-state index is 5.77. The molecule has 0 saturated carbocycles. The maximum Gasteiger partial charge on any atom is 0.247 e. The summed E-state index contributed by atoms with van der Waals surface area (Å²) in [7, 11) is 0. The Labute approximate surface area is 179 Å². The molecule has 4 aromatic rings. The van der Waals surface area contributed by atoms with Crippen LogP contribution in [-0.2, 0) is 12.4 Å². The zero-order valence-electron chi connectivity index (χ0n) is 16.3. The monoisotopic (exact) mass is 419 g/mol. The van der Waals surface area contributed by atoms with Gasteiger partial charge in [-0.1, -0.05) is 24.3 Å². The summed E-state index contributed by atoms with van der Waals surface area (Å²) in [6, 6.07) is 21.3. The zero-order valence-corrected chi connectivity index (χ0v) is 17.1. The number of rotatable bonds is 10. The number of hydrogen-bond acceptors (Lipinski definition) is 7. The van der Waals surface area contributed by atoms with Gasteiger partial charge in [0.25, 0.3) is 0 Å². The van der Waals surface area contributed by atoms with Gasteiger partial charge in [0.15, 0.2) is 0 Å². The van der Waals surface area contributed by atoms with Gasteiger partial charge in [-0.25, -0.2) is 0 Å². The molecule has 30 heavy (non-hydrogen) atoms. The average molecular weight is 420 g/mol. The standard InChI is InChI=1S/C23H21N3O3S/c1-2-6-20(7-3-1)27-13-14-30-17-22-25-26-23(29-22)19-8-10-21(11-9-19)28-16-18-5-4-12-24-15-18/h1-12,15H,13-14,16-17H2. The minimum absolute atomic E-state index is 0.475. The van der Waals surface area contributed by atoms with Crippen molar-refractivity contribution < 1.29 is 13.9 Å². The van der Waals surface area contributed by atoms with E-state index in [9.17, 15) is 0 Å². The van der Waals surface area contributed by atoms with Crippen molar-refractivity contribution in [3.63, 3.8) is 0 Å². The summed E-state index contributed by atoms with van der Waals surface area (Å²) < 4.78 is 17.2. The third kappa shape index (κ3) is 5.84. The summed E-state index contributed by atoms with van der Waals surface area (Å²) >= 11 is 1.69. The lowest BCUT2D eigenvalue weighted by atomic mass is 10.2. The Balaban J connectivity index is 1.22. The van der Waals surface area contributed by atoms with Crippen molar-refractivity contribution in [1.29, 1.82) is 0 Å². The highest BCUT2D eigenvalue weighted by Gasteiger charge is 2.09. The maximum absolute atomic E-state index is 5.77. The first kappa shape index (κ1) is 20.0. The number of para-hydroxylation sites is 1. The fraction of sp³-hybridized carbons (Fsp3) is 0.174. The third-order valence-corrected chi connectivity index (χ3v) is 5.07. The normalized spacial score (nSPS) is 10.7. The van der Waals surface area contributed by atoms with E-state index in [-0.39, 0.29) is 0 Å². The fourth-order valence-electron chi connectivity index (χ4n) is 2.67. The van der Waals surface area contributed by atoms with E-state index in [1.807, 2.05) is 66.7 Å². The van der Waals surface area contributed by atoms with E-state index < -0.39 is 0 Å². The van der Waals surface area contributed by atoms with Gasteiger partial charge in [0.2, 0.25) is 11.8 Å². The molecular formula is C23H21N3O3S. The van der Waals surface area contributed by atoms with E-state index in [1.165, 1.54) is 0 Å². The molecule has 0 unspecified atom stereocenters. The molecule has 0 aliphatic rings. The van der Waals surface area contributed by atoms with E-state index in [0.717, 1.165) is 28.4 Å². The van der Waals surface area contributed by atoms with Crippen LogP contribution in [0.15, 0.2) is 83.5 Å². The summed E-state index contributed by atoms with van der Waals surface area (Å²) in [5.41, 5.74) is 1.88. The molecule has 0 atom stereocenters. The van der Waals surface area contributed by atoms with E-state index >= 15 is 0 Å². The molecular weight excluding hydrogens is 398 g/mol. The van der Waals surface area contributed by atoms with Gasteiger partial charge in [-0.2, -0.15) is 0 Å². The Bertz CT molecular complexity index is 1020. The second-order valence-electron chi connectivity index (χ2n) is 6.39. The van der Waals surface area contributed by atoms with Crippen LogP contribution in [0.2, 0.25) is 0 Å². The molecule has 0 amide bonds. The highest BCUT2D eigenvalue weighted by Crippen LogP contribution is 2.23. The van der Waals surface area contributed by atoms with Gasteiger partial charge in [-0.05, 0) is 42.5 Å². The summed E-state index contributed by atoms with van der Waals surface area (Å²) in [5.74, 6) is 4.26. The van der Waals surface area contributed by atoms with Gasteiger partial charge < -0.3 is 13.9 Å². The number of pyridine rings is 1. The van der Waals surface area contributed by atoms with Crippen LogP contribution >= 0.6 is 11.8 Å². The highest BCUT2D eigenvalue weighted by molar-refractivity contribution is 7.98. The van der Waals surface area contributed by atoms with E-state index in [1.54, 1.807) is 24.2 Å². The van der Waals surface area contributed by atoms with Crippen LogP contribution in [0.4, 0.5) is 0 Å². The van der Waals surface area contributed by atoms with Crippen LogP contribution in [0, 0.1) is 0 Å². The van der Waals surface area contributed by atoms with Crippen molar-refractivity contribution in [1.82, 2.24) is 15.2 Å². The van der Waals surface area contributed by atoms with Crippen molar-refractivity contribution in [2.24, 2.45) is 0 Å². The van der Waals surface area contributed by atoms with Crippen molar-refractivity contribution in [2.75, 3.05) is 12.4 Å². The molecule has 0 saturated heterocycles. The topological polar surface area (TPSA) is 70.3 Å². The molecule has 2 aromatic heterocycles. The molecule has 0 N–H and O–H groups in total. The largest absolute Gasteiger partial charge is 0.493 e. The predicted octanol–water partition coefficient (Wildman–Crippen LogP) is 5.02. The van der Waals surface area contributed by atoms with Crippen molar-refractivity contribution in [2.45, 2.75) is 12.4 Å². The Kier molecular flexibility index (Phi) is 6.96. The van der Waals surface area contributed by atoms with Crippen LogP contribution in [0.25, 0.3) is 11.5 Å². The molecule has 7 heteroatoms. The first-order chi connectivity index (χ1) is 14.9. The molecule has 0 bridgehead atoms. The smallest absolute Gasteiger partial charge is 0.247 e. The van der Waals surface area contributed by atoms with E-state index in [0.29, 0.717) is 30.7 Å². The first-order valence-corrected chi connectivity index (χ1v) is 10.7. The number of nitrogens with zero attached hydrogens (tertiary/aromatic N) is 3. The summed E-state index contributed by atoms with van der Waals surface area (Å²) in [6.07, 6.45) is 3.54. The molecule has 4 rings (SSSR count). The van der Waals surface area contributed by atoms with Gasteiger partial charge in [-0.15, -0.1) is 22.0 Å². The molecule has 152 valence electrons. The second kappa shape index (κ2) is 10.5. The Morgan fingerprint density at radius 3 is 2.47 bits per heavy atom. The SMILES string of the molecule is c1ccc(OCCSCc2nnc(-c3ccc(OCc4cccnc4)cc3)o2)cc1. The fourth-order valence-corrected chi connectivity index (χ4v) is 3.30. The lowest BCUT2D eigenvalue weighted by molar-refractivity contribution is 0.306. The number of hydrogen-bond donors (Lipinski definition) is 0. The Morgan fingerprint density at radius 2 is 1.67 bits per heavy atom. The minimum Gasteiger partial charge on any atom is -0.493 e. The summed E-state index contributed by atoms with van der Waals surface area (Å²) in [5, 5.41) is 8.28. The van der Waals surface area contributed by atoms with Crippen LogP contribution in [0.5, 0.6) is 11.5 Å². The quantitative estimate of drug-likeness (QED) is 0.334. The molecule has 0 spiro atoms. The van der Waals surface area contributed by atoms with Crippen LogP contribution in [0.1, 0.15) is 11.5 Å². The second-order valence-corrected chi connectivity index (χ2v) is 7.49. The first-order valence-electron chi connectivity index (χ1n) is 9.57. The predicted molar refractivity (Wildman–Crippen MR) is 116 cm³/mol. The molecule has 2 heterocycles. The average Bonchev–Trinajstić information content (AvgIpc) is 3.28. The van der Waals surface area contributed by atoms with Crippen LogP contribution in [0.3, 0.4) is 0 Å². The lowest BCUT2D eigenvalue weighted by Crippen LogP contribution is -2.00. The van der Waals surface area contributed by atoms with Gasteiger partial charge in [0.1, 0.15) is 18.1 Å².